The molecule has 0 bridgehead atoms. The van der Waals surface area contributed by atoms with Gasteiger partial charge in [-0.15, -0.1) is 0 Å². The fourth-order valence-corrected chi connectivity index (χ4v) is 1.45. The molecule has 0 aromatic heterocycles. The minimum Gasteiger partial charge on any atom is -0.454 e. The Labute approximate surface area is 77.7 Å². The molecule has 0 fully saturated rings. The van der Waals surface area contributed by atoms with Crippen molar-refractivity contribution in [3.8, 4) is 11.5 Å². The standard InChI is InChI=1S/C10H13NO2/c1-7(11-2)8-4-3-5-9-10(8)13-6-12-9/h3-5,7,11H,6H2,1-2H3/t7-/m0/s1. The van der Waals surface area contributed by atoms with E-state index in [4.69, 9.17) is 9.47 Å². The first-order chi connectivity index (χ1) is 6.33. The quantitative estimate of drug-likeness (QED) is 0.749. The van der Waals surface area contributed by atoms with E-state index < -0.39 is 0 Å². The predicted molar refractivity (Wildman–Crippen MR) is 50.0 cm³/mol. The second-order valence-corrected chi connectivity index (χ2v) is 3.09. The molecule has 0 unspecified atom stereocenters. The van der Waals surface area contributed by atoms with E-state index in [1.807, 2.05) is 19.2 Å². The van der Waals surface area contributed by atoms with Gasteiger partial charge in [0.2, 0.25) is 6.79 Å². The monoisotopic (exact) mass is 179 g/mol. The van der Waals surface area contributed by atoms with Crippen molar-refractivity contribution in [3.05, 3.63) is 23.8 Å². The van der Waals surface area contributed by atoms with E-state index in [0.717, 1.165) is 17.1 Å². The number of fused-ring (bicyclic) bond motifs is 1. The van der Waals surface area contributed by atoms with Crippen LogP contribution >= 0.6 is 0 Å². The lowest BCUT2D eigenvalue weighted by Crippen LogP contribution is -2.12. The van der Waals surface area contributed by atoms with Crippen molar-refractivity contribution in [1.29, 1.82) is 0 Å². The fourth-order valence-electron chi connectivity index (χ4n) is 1.45. The molecule has 1 aliphatic rings. The summed E-state index contributed by atoms with van der Waals surface area (Å²) in [7, 11) is 1.93. The van der Waals surface area contributed by atoms with Crippen molar-refractivity contribution >= 4 is 0 Å². The van der Waals surface area contributed by atoms with E-state index in [-0.39, 0.29) is 6.04 Å². The highest BCUT2D eigenvalue weighted by Gasteiger charge is 2.19. The third-order valence-electron chi connectivity index (χ3n) is 2.33. The van der Waals surface area contributed by atoms with Crippen LogP contribution < -0.4 is 14.8 Å². The molecule has 70 valence electrons. The molecule has 1 aliphatic heterocycles. The van der Waals surface area contributed by atoms with E-state index in [9.17, 15) is 0 Å². The summed E-state index contributed by atoms with van der Waals surface area (Å²) in [5.74, 6) is 1.73. The summed E-state index contributed by atoms with van der Waals surface area (Å²) in [5, 5.41) is 3.18. The predicted octanol–water partition coefficient (Wildman–Crippen LogP) is 1.70. The van der Waals surface area contributed by atoms with E-state index in [1.165, 1.54) is 0 Å². The van der Waals surface area contributed by atoms with Crippen LogP contribution in [0.5, 0.6) is 11.5 Å². The minimum atomic E-state index is 0.289. The zero-order valence-corrected chi connectivity index (χ0v) is 7.83. The van der Waals surface area contributed by atoms with Gasteiger partial charge in [0.15, 0.2) is 11.5 Å². The summed E-state index contributed by atoms with van der Waals surface area (Å²) < 4.78 is 10.7. The van der Waals surface area contributed by atoms with Gasteiger partial charge in [-0.2, -0.15) is 0 Å². The molecule has 3 nitrogen and oxygen atoms in total. The summed E-state index contributed by atoms with van der Waals surface area (Å²) in [6.07, 6.45) is 0. The molecule has 1 aromatic carbocycles. The van der Waals surface area contributed by atoms with Crippen LogP contribution in [-0.4, -0.2) is 13.8 Å². The van der Waals surface area contributed by atoms with Crippen LogP contribution in [0.1, 0.15) is 18.5 Å². The van der Waals surface area contributed by atoms with Gasteiger partial charge in [0.05, 0.1) is 0 Å². The average Bonchev–Trinajstić information content (AvgIpc) is 2.63. The van der Waals surface area contributed by atoms with E-state index >= 15 is 0 Å². The number of nitrogens with one attached hydrogen (secondary N) is 1. The van der Waals surface area contributed by atoms with Gasteiger partial charge >= 0.3 is 0 Å². The molecule has 1 aromatic rings. The SMILES string of the molecule is CN[C@@H](C)c1cccc2c1OCO2. The van der Waals surface area contributed by atoms with Gasteiger partial charge in [0.25, 0.3) is 0 Å². The molecule has 1 N–H and O–H groups in total. The highest BCUT2D eigenvalue weighted by molar-refractivity contribution is 5.49. The maximum atomic E-state index is 5.39. The molecule has 0 saturated carbocycles. The minimum absolute atomic E-state index is 0.289. The van der Waals surface area contributed by atoms with Crippen LogP contribution in [0, 0.1) is 0 Å². The largest absolute Gasteiger partial charge is 0.454 e. The number of hydrogen-bond acceptors (Lipinski definition) is 3. The van der Waals surface area contributed by atoms with Crippen LogP contribution in [0.15, 0.2) is 18.2 Å². The first-order valence-corrected chi connectivity index (χ1v) is 4.38. The second-order valence-electron chi connectivity index (χ2n) is 3.09. The Morgan fingerprint density at radius 2 is 2.23 bits per heavy atom. The number of para-hydroxylation sites is 1. The Bertz CT molecular complexity index is 312. The first-order valence-electron chi connectivity index (χ1n) is 4.38. The fraction of sp³-hybridized carbons (Fsp3) is 0.400. The number of ether oxygens (including phenoxy) is 2. The maximum absolute atomic E-state index is 5.39. The molecule has 0 spiro atoms. The van der Waals surface area contributed by atoms with Gasteiger partial charge in [-0.05, 0) is 20.0 Å². The van der Waals surface area contributed by atoms with Crippen molar-refractivity contribution in [2.45, 2.75) is 13.0 Å². The lowest BCUT2D eigenvalue weighted by molar-refractivity contribution is 0.173. The lowest BCUT2D eigenvalue weighted by atomic mass is 10.1. The van der Waals surface area contributed by atoms with Gasteiger partial charge in [-0.1, -0.05) is 12.1 Å². The van der Waals surface area contributed by atoms with Crippen LogP contribution in [-0.2, 0) is 0 Å². The molecule has 1 heterocycles. The normalized spacial score (nSPS) is 15.8. The van der Waals surface area contributed by atoms with Crippen molar-refractivity contribution < 1.29 is 9.47 Å². The smallest absolute Gasteiger partial charge is 0.231 e. The third-order valence-corrected chi connectivity index (χ3v) is 2.33. The molecule has 0 amide bonds. The van der Waals surface area contributed by atoms with E-state index in [2.05, 4.69) is 18.3 Å². The van der Waals surface area contributed by atoms with Crippen LogP contribution in [0.25, 0.3) is 0 Å². The Balaban J connectivity index is 2.41. The topological polar surface area (TPSA) is 30.5 Å². The summed E-state index contributed by atoms with van der Waals surface area (Å²) >= 11 is 0. The molecule has 0 aliphatic carbocycles. The molecular weight excluding hydrogens is 166 g/mol. The van der Waals surface area contributed by atoms with Crippen LogP contribution in [0.3, 0.4) is 0 Å². The summed E-state index contributed by atoms with van der Waals surface area (Å²) in [4.78, 5) is 0. The van der Waals surface area contributed by atoms with Gasteiger partial charge in [0, 0.05) is 11.6 Å². The Morgan fingerprint density at radius 1 is 1.38 bits per heavy atom. The third kappa shape index (κ3) is 1.35. The van der Waals surface area contributed by atoms with E-state index in [1.54, 1.807) is 0 Å². The second kappa shape index (κ2) is 3.26. The van der Waals surface area contributed by atoms with Crippen LogP contribution in [0.2, 0.25) is 0 Å². The number of rotatable bonds is 2. The van der Waals surface area contributed by atoms with Gasteiger partial charge in [-0.3, -0.25) is 0 Å². The van der Waals surface area contributed by atoms with Crippen molar-refractivity contribution in [2.24, 2.45) is 0 Å². The summed E-state index contributed by atoms with van der Waals surface area (Å²) in [5.41, 5.74) is 1.15. The van der Waals surface area contributed by atoms with Gasteiger partial charge in [0.1, 0.15) is 0 Å². The van der Waals surface area contributed by atoms with E-state index in [0.29, 0.717) is 6.79 Å². The molecular formula is C10H13NO2. The molecule has 2 rings (SSSR count). The summed E-state index contributed by atoms with van der Waals surface area (Å²) in [6.45, 7) is 2.43. The molecule has 0 saturated heterocycles. The molecule has 3 heteroatoms. The van der Waals surface area contributed by atoms with Crippen molar-refractivity contribution in [2.75, 3.05) is 13.8 Å². The van der Waals surface area contributed by atoms with Crippen molar-refractivity contribution in [3.63, 3.8) is 0 Å². The lowest BCUT2D eigenvalue weighted by Gasteiger charge is -2.12. The van der Waals surface area contributed by atoms with Crippen molar-refractivity contribution in [1.82, 2.24) is 5.32 Å². The number of benzene rings is 1. The zero-order valence-electron chi connectivity index (χ0n) is 7.83. The van der Waals surface area contributed by atoms with Crippen LogP contribution in [0.4, 0.5) is 0 Å². The Hall–Kier alpha value is -1.22. The van der Waals surface area contributed by atoms with Gasteiger partial charge in [-0.25, -0.2) is 0 Å². The highest BCUT2D eigenvalue weighted by Crippen LogP contribution is 2.37. The average molecular weight is 179 g/mol. The molecule has 13 heavy (non-hydrogen) atoms. The number of hydrogen-bond donors (Lipinski definition) is 1. The Kier molecular flexibility index (Phi) is 2.10. The van der Waals surface area contributed by atoms with Gasteiger partial charge < -0.3 is 14.8 Å². The molecule has 1 atom stereocenters. The molecule has 0 radical (unpaired) electrons. The Morgan fingerprint density at radius 3 is 3.00 bits per heavy atom. The first kappa shape index (κ1) is 8.38. The maximum Gasteiger partial charge on any atom is 0.231 e. The summed E-state index contributed by atoms with van der Waals surface area (Å²) in [6, 6.07) is 6.25. The zero-order chi connectivity index (χ0) is 9.26. The highest BCUT2D eigenvalue weighted by atomic mass is 16.7.